The van der Waals surface area contributed by atoms with Crippen molar-refractivity contribution in [3.8, 4) is 5.75 Å². The molecular formula is C18H15ClO2. The second-order valence-electron chi connectivity index (χ2n) is 5.07. The number of ketones is 1. The molecule has 0 saturated carbocycles. The molecule has 0 fully saturated rings. The van der Waals surface area contributed by atoms with E-state index in [9.17, 15) is 4.79 Å². The number of hydrogen-bond acceptors (Lipinski definition) is 2. The van der Waals surface area contributed by atoms with Gasteiger partial charge in [-0.3, -0.25) is 4.79 Å². The zero-order valence-electron chi connectivity index (χ0n) is 11.7. The van der Waals surface area contributed by atoms with Crippen LogP contribution in [0.15, 0.2) is 48.0 Å². The Morgan fingerprint density at radius 2 is 1.86 bits per heavy atom. The fraction of sp³-hybridized carbons (Fsp3) is 0.167. The van der Waals surface area contributed by atoms with Crippen molar-refractivity contribution in [2.45, 2.75) is 12.8 Å². The molecule has 3 heteroatoms. The third-order valence-electron chi connectivity index (χ3n) is 3.73. The summed E-state index contributed by atoms with van der Waals surface area (Å²) in [5, 5.41) is 0.696. The van der Waals surface area contributed by atoms with Gasteiger partial charge in [-0.1, -0.05) is 29.8 Å². The average Bonchev–Trinajstić information content (AvgIpc) is 2.52. The first-order chi connectivity index (χ1) is 10.2. The molecule has 0 saturated heterocycles. The Labute approximate surface area is 129 Å². The number of ether oxygens (including phenoxy) is 1. The molecular weight excluding hydrogens is 284 g/mol. The highest BCUT2D eigenvalue weighted by Crippen LogP contribution is 2.29. The first-order valence-corrected chi connectivity index (χ1v) is 7.23. The van der Waals surface area contributed by atoms with Crippen molar-refractivity contribution in [3.05, 3.63) is 69.8 Å². The maximum absolute atomic E-state index is 12.6. The van der Waals surface area contributed by atoms with E-state index in [1.807, 2.05) is 48.5 Å². The lowest BCUT2D eigenvalue weighted by Gasteiger charge is -2.18. The highest BCUT2D eigenvalue weighted by atomic mass is 35.5. The molecule has 2 aromatic rings. The molecule has 0 atom stereocenters. The van der Waals surface area contributed by atoms with E-state index in [0.717, 1.165) is 40.9 Å². The number of hydrogen-bond donors (Lipinski definition) is 0. The molecule has 106 valence electrons. The molecule has 0 N–H and O–H groups in total. The predicted octanol–water partition coefficient (Wildman–Crippen LogP) is 4.56. The van der Waals surface area contributed by atoms with Crippen LogP contribution in [0.2, 0.25) is 5.02 Å². The standard InChI is InChI=1S/C18H15ClO2/c1-21-16-9-6-13-4-5-14(18(20)17(13)11-16)10-12-2-7-15(19)8-3-12/h2-3,6-11H,4-5H2,1H3/b14-10+. The minimum atomic E-state index is 0.0881. The topological polar surface area (TPSA) is 26.3 Å². The van der Waals surface area contributed by atoms with Gasteiger partial charge in [-0.2, -0.15) is 0 Å². The minimum absolute atomic E-state index is 0.0881. The maximum atomic E-state index is 12.6. The summed E-state index contributed by atoms with van der Waals surface area (Å²) in [5.74, 6) is 0.806. The number of carbonyl (C=O) groups excluding carboxylic acids is 1. The Morgan fingerprint density at radius 1 is 1.10 bits per heavy atom. The number of carbonyl (C=O) groups is 1. The summed E-state index contributed by atoms with van der Waals surface area (Å²) in [7, 11) is 1.61. The Balaban J connectivity index is 1.96. The highest BCUT2D eigenvalue weighted by Gasteiger charge is 2.22. The average molecular weight is 299 g/mol. The third-order valence-corrected chi connectivity index (χ3v) is 3.98. The summed E-state index contributed by atoms with van der Waals surface area (Å²) < 4.78 is 5.21. The highest BCUT2D eigenvalue weighted by molar-refractivity contribution is 6.30. The second-order valence-corrected chi connectivity index (χ2v) is 5.51. The van der Waals surface area contributed by atoms with Crippen LogP contribution in [0.1, 0.15) is 27.9 Å². The van der Waals surface area contributed by atoms with Crippen LogP contribution < -0.4 is 4.74 Å². The zero-order valence-corrected chi connectivity index (χ0v) is 12.5. The number of allylic oxidation sites excluding steroid dienone is 1. The minimum Gasteiger partial charge on any atom is -0.497 e. The van der Waals surface area contributed by atoms with Gasteiger partial charge in [0.1, 0.15) is 5.75 Å². The fourth-order valence-corrected chi connectivity index (χ4v) is 2.69. The van der Waals surface area contributed by atoms with Gasteiger partial charge in [-0.15, -0.1) is 0 Å². The number of methoxy groups -OCH3 is 1. The number of fused-ring (bicyclic) bond motifs is 1. The van der Waals surface area contributed by atoms with Crippen molar-refractivity contribution in [2.24, 2.45) is 0 Å². The number of Topliss-reactive ketones (excluding diaryl/α,β-unsaturated/α-hetero) is 1. The van der Waals surface area contributed by atoms with Gasteiger partial charge in [-0.25, -0.2) is 0 Å². The molecule has 1 aliphatic carbocycles. The van der Waals surface area contributed by atoms with E-state index < -0.39 is 0 Å². The first-order valence-electron chi connectivity index (χ1n) is 6.85. The molecule has 0 heterocycles. The van der Waals surface area contributed by atoms with E-state index in [-0.39, 0.29) is 5.78 Å². The number of benzene rings is 2. The van der Waals surface area contributed by atoms with E-state index in [4.69, 9.17) is 16.3 Å². The predicted molar refractivity (Wildman–Crippen MR) is 85.1 cm³/mol. The number of halogens is 1. The molecule has 0 spiro atoms. The molecule has 1 aliphatic rings. The smallest absolute Gasteiger partial charge is 0.189 e. The lowest BCUT2D eigenvalue weighted by molar-refractivity contribution is 0.102. The number of rotatable bonds is 2. The Bertz CT molecular complexity index is 714. The van der Waals surface area contributed by atoms with Gasteiger partial charge in [0.15, 0.2) is 5.78 Å². The summed E-state index contributed by atoms with van der Waals surface area (Å²) in [6, 6.07) is 13.2. The lowest BCUT2D eigenvalue weighted by atomic mass is 9.86. The molecule has 0 aromatic heterocycles. The van der Waals surface area contributed by atoms with E-state index in [1.54, 1.807) is 7.11 Å². The van der Waals surface area contributed by atoms with Gasteiger partial charge in [0, 0.05) is 16.2 Å². The largest absolute Gasteiger partial charge is 0.497 e. The summed E-state index contributed by atoms with van der Waals surface area (Å²) in [5.41, 5.74) is 3.67. The van der Waals surface area contributed by atoms with Crippen LogP contribution in [0, 0.1) is 0 Å². The van der Waals surface area contributed by atoms with Crippen LogP contribution in [-0.2, 0) is 6.42 Å². The van der Waals surface area contributed by atoms with Gasteiger partial charge in [0.25, 0.3) is 0 Å². The van der Waals surface area contributed by atoms with Gasteiger partial charge in [-0.05, 0) is 54.3 Å². The molecule has 0 aliphatic heterocycles. The van der Waals surface area contributed by atoms with Crippen LogP contribution in [0.4, 0.5) is 0 Å². The van der Waals surface area contributed by atoms with Crippen LogP contribution in [0.5, 0.6) is 5.75 Å². The van der Waals surface area contributed by atoms with Crippen molar-refractivity contribution >= 4 is 23.5 Å². The summed E-state index contributed by atoms with van der Waals surface area (Å²) in [4.78, 5) is 12.6. The normalized spacial score (nSPS) is 15.9. The molecule has 0 unspecified atom stereocenters. The van der Waals surface area contributed by atoms with Gasteiger partial charge >= 0.3 is 0 Å². The van der Waals surface area contributed by atoms with Crippen molar-refractivity contribution in [1.82, 2.24) is 0 Å². The van der Waals surface area contributed by atoms with E-state index >= 15 is 0 Å². The summed E-state index contributed by atoms with van der Waals surface area (Å²) in [6.45, 7) is 0. The lowest BCUT2D eigenvalue weighted by Crippen LogP contribution is -2.14. The molecule has 2 nitrogen and oxygen atoms in total. The molecule has 21 heavy (non-hydrogen) atoms. The van der Waals surface area contributed by atoms with E-state index in [1.165, 1.54) is 0 Å². The van der Waals surface area contributed by atoms with Gasteiger partial charge in [0.05, 0.1) is 7.11 Å². The van der Waals surface area contributed by atoms with Gasteiger partial charge in [0.2, 0.25) is 0 Å². The second kappa shape index (κ2) is 5.74. The van der Waals surface area contributed by atoms with Crippen LogP contribution >= 0.6 is 11.6 Å². The van der Waals surface area contributed by atoms with E-state index in [2.05, 4.69) is 0 Å². The van der Waals surface area contributed by atoms with Crippen molar-refractivity contribution < 1.29 is 9.53 Å². The molecule has 2 aromatic carbocycles. The van der Waals surface area contributed by atoms with Crippen LogP contribution in [-0.4, -0.2) is 12.9 Å². The Morgan fingerprint density at radius 3 is 2.57 bits per heavy atom. The Hall–Kier alpha value is -2.06. The SMILES string of the molecule is COc1ccc2c(c1)C(=O)/C(=C/c1ccc(Cl)cc1)CC2. The molecule has 0 bridgehead atoms. The zero-order chi connectivity index (χ0) is 14.8. The van der Waals surface area contributed by atoms with Crippen molar-refractivity contribution in [1.29, 1.82) is 0 Å². The van der Waals surface area contributed by atoms with Crippen molar-refractivity contribution in [3.63, 3.8) is 0 Å². The van der Waals surface area contributed by atoms with Gasteiger partial charge < -0.3 is 4.74 Å². The summed E-state index contributed by atoms with van der Waals surface area (Å²) >= 11 is 5.88. The monoisotopic (exact) mass is 298 g/mol. The Kier molecular flexibility index (Phi) is 3.80. The molecule has 0 amide bonds. The van der Waals surface area contributed by atoms with Crippen LogP contribution in [0.3, 0.4) is 0 Å². The maximum Gasteiger partial charge on any atom is 0.189 e. The van der Waals surface area contributed by atoms with Crippen LogP contribution in [0.25, 0.3) is 6.08 Å². The first kappa shape index (κ1) is 13.9. The molecule has 3 rings (SSSR count). The third kappa shape index (κ3) is 2.86. The quantitative estimate of drug-likeness (QED) is 0.760. The fourth-order valence-electron chi connectivity index (χ4n) is 2.57. The number of aryl methyl sites for hydroxylation is 1. The van der Waals surface area contributed by atoms with E-state index in [0.29, 0.717) is 5.02 Å². The van der Waals surface area contributed by atoms with Crippen molar-refractivity contribution in [2.75, 3.05) is 7.11 Å². The summed E-state index contributed by atoms with van der Waals surface area (Å²) in [6.07, 6.45) is 3.59. The molecule has 0 radical (unpaired) electrons.